The van der Waals surface area contributed by atoms with Gasteiger partial charge in [-0.05, 0) is 19.1 Å². The molecule has 1 saturated heterocycles. The highest BCUT2D eigenvalue weighted by Gasteiger charge is 2.22. The Labute approximate surface area is 139 Å². The second kappa shape index (κ2) is 7.25. The summed E-state index contributed by atoms with van der Waals surface area (Å²) in [4.78, 5) is 20.9. The summed E-state index contributed by atoms with van der Waals surface area (Å²) in [5.41, 5.74) is 0.790. The quantitative estimate of drug-likeness (QED) is 0.896. The summed E-state index contributed by atoms with van der Waals surface area (Å²) in [6.45, 7) is 5.50. The number of thiazole rings is 1. The monoisotopic (exact) mass is 335 g/mol. The fourth-order valence-corrected chi connectivity index (χ4v) is 3.51. The van der Waals surface area contributed by atoms with E-state index in [1.54, 1.807) is 13.2 Å². The molecule has 3 rings (SSSR count). The third kappa shape index (κ3) is 4.19. The van der Waals surface area contributed by atoms with E-state index in [0.717, 1.165) is 29.6 Å². The summed E-state index contributed by atoms with van der Waals surface area (Å²) in [6.07, 6.45) is 1.62. The van der Waals surface area contributed by atoms with Crippen LogP contribution in [0.4, 0.5) is 0 Å². The minimum atomic E-state index is -0.327. The summed E-state index contributed by atoms with van der Waals surface area (Å²) in [7, 11) is 0. The van der Waals surface area contributed by atoms with E-state index in [9.17, 15) is 9.90 Å². The molecular formula is C16H21N3O3S. The number of nitrogens with zero attached hydrogens (tertiary/aromatic N) is 3. The van der Waals surface area contributed by atoms with Gasteiger partial charge in [-0.2, -0.15) is 0 Å². The number of carbonyl (C=O) groups is 1. The van der Waals surface area contributed by atoms with Gasteiger partial charge < -0.3 is 14.4 Å². The standard InChI is InChI=1S/C16H21N3O3S/c1-12(20)10-18-4-6-19(7-5-18)15(21)9-13-11-23-16(17-13)14-3-2-8-22-14/h2-3,8,11-12,20H,4-7,9-10H2,1H3/t12-/m0/s1. The van der Waals surface area contributed by atoms with Gasteiger partial charge in [0, 0.05) is 38.1 Å². The first kappa shape index (κ1) is 16.2. The predicted molar refractivity (Wildman–Crippen MR) is 88.2 cm³/mol. The number of amides is 1. The van der Waals surface area contributed by atoms with Crippen molar-refractivity contribution in [3.8, 4) is 10.8 Å². The Balaban J connectivity index is 1.52. The number of carbonyl (C=O) groups excluding carboxylic acids is 1. The van der Waals surface area contributed by atoms with E-state index < -0.39 is 0 Å². The van der Waals surface area contributed by atoms with Gasteiger partial charge in [0.25, 0.3) is 0 Å². The first-order valence-corrected chi connectivity index (χ1v) is 8.66. The zero-order valence-electron chi connectivity index (χ0n) is 13.1. The molecule has 6 nitrogen and oxygen atoms in total. The van der Waals surface area contributed by atoms with Crippen molar-refractivity contribution in [3.63, 3.8) is 0 Å². The largest absolute Gasteiger partial charge is 0.462 e. The molecule has 1 atom stereocenters. The summed E-state index contributed by atoms with van der Waals surface area (Å²) in [5.74, 6) is 0.846. The van der Waals surface area contributed by atoms with Gasteiger partial charge in [-0.25, -0.2) is 4.98 Å². The Morgan fingerprint density at radius 2 is 2.22 bits per heavy atom. The number of aliphatic hydroxyl groups excluding tert-OH is 1. The van der Waals surface area contributed by atoms with E-state index >= 15 is 0 Å². The van der Waals surface area contributed by atoms with E-state index in [-0.39, 0.29) is 12.0 Å². The Morgan fingerprint density at radius 1 is 1.43 bits per heavy atom. The molecule has 0 saturated carbocycles. The fourth-order valence-electron chi connectivity index (χ4n) is 2.72. The number of aliphatic hydroxyl groups is 1. The minimum absolute atomic E-state index is 0.109. The van der Waals surface area contributed by atoms with E-state index in [0.29, 0.717) is 26.1 Å². The van der Waals surface area contributed by atoms with E-state index in [1.807, 2.05) is 22.4 Å². The number of piperazine rings is 1. The van der Waals surface area contributed by atoms with E-state index in [1.165, 1.54) is 11.3 Å². The zero-order chi connectivity index (χ0) is 16.2. The number of hydrogen-bond acceptors (Lipinski definition) is 6. The first-order chi connectivity index (χ1) is 11.1. The maximum atomic E-state index is 12.4. The Kier molecular flexibility index (Phi) is 5.09. The lowest BCUT2D eigenvalue weighted by Crippen LogP contribution is -2.50. The maximum Gasteiger partial charge on any atom is 0.228 e. The lowest BCUT2D eigenvalue weighted by Gasteiger charge is -2.35. The van der Waals surface area contributed by atoms with Crippen LogP contribution in [0, 0.1) is 0 Å². The van der Waals surface area contributed by atoms with Crippen LogP contribution in [0.1, 0.15) is 12.6 Å². The molecule has 7 heteroatoms. The van der Waals surface area contributed by atoms with Crippen molar-refractivity contribution >= 4 is 17.2 Å². The average molecular weight is 335 g/mol. The highest BCUT2D eigenvalue weighted by Crippen LogP contribution is 2.24. The third-order valence-electron chi connectivity index (χ3n) is 3.86. The average Bonchev–Trinajstić information content (AvgIpc) is 3.18. The minimum Gasteiger partial charge on any atom is -0.462 e. The molecule has 3 heterocycles. The van der Waals surface area contributed by atoms with Crippen molar-refractivity contribution in [2.24, 2.45) is 0 Å². The lowest BCUT2D eigenvalue weighted by molar-refractivity contribution is -0.132. The summed E-state index contributed by atoms with van der Waals surface area (Å²) in [6, 6.07) is 3.69. The predicted octanol–water partition coefficient (Wildman–Crippen LogP) is 1.47. The molecule has 124 valence electrons. The molecular weight excluding hydrogens is 314 g/mol. The van der Waals surface area contributed by atoms with Gasteiger partial charge in [0.1, 0.15) is 0 Å². The van der Waals surface area contributed by atoms with Gasteiger partial charge in [-0.3, -0.25) is 9.69 Å². The van der Waals surface area contributed by atoms with Crippen LogP contribution < -0.4 is 0 Å². The molecule has 0 aliphatic carbocycles. The SMILES string of the molecule is C[C@H](O)CN1CCN(C(=O)Cc2csc(-c3ccco3)n2)CC1. The van der Waals surface area contributed by atoms with Crippen LogP contribution in [-0.4, -0.2) is 64.6 Å². The van der Waals surface area contributed by atoms with E-state index in [4.69, 9.17) is 4.42 Å². The van der Waals surface area contributed by atoms with Crippen molar-refractivity contribution in [2.45, 2.75) is 19.4 Å². The van der Waals surface area contributed by atoms with Crippen molar-refractivity contribution in [2.75, 3.05) is 32.7 Å². The number of hydrogen-bond donors (Lipinski definition) is 1. The van der Waals surface area contributed by atoms with E-state index in [2.05, 4.69) is 9.88 Å². The normalized spacial score (nSPS) is 17.4. The van der Waals surface area contributed by atoms with Gasteiger partial charge in [-0.1, -0.05) is 0 Å². The highest BCUT2D eigenvalue weighted by atomic mass is 32.1. The fraction of sp³-hybridized carbons (Fsp3) is 0.500. The molecule has 1 fully saturated rings. The zero-order valence-corrected chi connectivity index (χ0v) is 14.0. The summed E-state index contributed by atoms with van der Waals surface area (Å²) < 4.78 is 5.32. The number of rotatable bonds is 5. The smallest absolute Gasteiger partial charge is 0.228 e. The van der Waals surface area contributed by atoms with Gasteiger partial charge in [-0.15, -0.1) is 11.3 Å². The van der Waals surface area contributed by atoms with Crippen LogP contribution in [0.5, 0.6) is 0 Å². The number of furan rings is 1. The summed E-state index contributed by atoms with van der Waals surface area (Å²) in [5, 5.41) is 12.1. The van der Waals surface area contributed by atoms with Crippen molar-refractivity contribution < 1.29 is 14.3 Å². The molecule has 0 unspecified atom stereocenters. The third-order valence-corrected chi connectivity index (χ3v) is 4.77. The van der Waals surface area contributed by atoms with Gasteiger partial charge in [0.05, 0.1) is 24.5 Å². The topological polar surface area (TPSA) is 69.8 Å². The molecule has 0 radical (unpaired) electrons. The molecule has 0 bridgehead atoms. The molecule has 1 aliphatic heterocycles. The Hall–Kier alpha value is -1.70. The molecule has 1 N–H and O–H groups in total. The van der Waals surface area contributed by atoms with Crippen molar-refractivity contribution in [3.05, 3.63) is 29.5 Å². The summed E-state index contributed by atoms with van der Waals surface area (Å²) >= 11 is 1.49. The Morgan fingerprint density at radius 3 is 2.87 bits per heavy atom. The van der Waals surface area contributed by atoms with Gasteiger partial charge in [0.2, 0.25) is 5.91 Å². The number of aromatic nitrogens is 1. The molecule has 1 amide bonds. The highest BCUT2D eigenvalue weighted by molar-refractivity contribution is 7.13. The number of β-amino-alcohol motifs (C(OH)–C–C–N with tert-alkyl or cyclic N) is 1. The van der Waals surface area contributed by atoms with Crippen molar-refractivity contribution in [1.29, 1.82) is 0 Å². The molecule has 23 heavy (non-hydrogen) atoms. The van der Waals surface area contributed by atoms with Crippen LogP contribution >= 0.6 is 11.3 Å². The Bertz CT molecular complexity index is 631. The first-order valence-electron chi connectivity index (χ1n) is 7.78. The van der Waals surface area contributed by atoms with Crippen LogP contribution in [0.2, 0.25) is 0 Å². The second-order valence-electron chi connectivity index (χ2n) is 5.83. The van der Waals surface area contributed by atoms with Crippen LogP contribution in [0.3, 0.4) is 0 Å². The molecule has 2 aromatic rings. The second-order valence-corrected chi connectivity index (χ2v) is 6.69. The van der Waals surface area contributed by atoms with Crippen molar-refractivity contribution in [1.82, 2.24) is 14.8 Å². The molecule has 1 aliphatic rings. The molecule has 2 aromatic heterocycles. The molecule has 0 spiro atoms. The van der Waals surface area contributed by atoms with Gasteiger partial charge in [0.15, 0.2) is 10.8 Å². The molecule has 0 aromatic carbocycles. The van der Waals surface area contributed by atoms with Crippen LogP contribution in [0.15, 0.2) is 28.2 Å². The van der Waals surface area contributed by atoms with Crippen LogP contribution in [-0.2, 0) is 11.2 Å². The lowest BCUT2D eigenvalue weighted by atomic mass is 10.2. The van der Waals surface area contributed by atoms with Gasteiger partial charge >= 0.3 is 0 Å². The van der Waals surface area contributed by atoms with Crippen LogP contribution in [0.25, 0.3) is 10.8 Å². The maximum absolute atomic E-state index is 12.4.